The lowest BCUT2D eigenvalue weighted by molar-refractivity contribution is -0.138. The Kier molecular flexibility index (Phi) is 5.62. The zero-order valence-electron chi connectivity index (χ0n) is 13.3. The molecule has 1 saturated heterocycles. The number of cyclic esters (lactones) is 1. The minimum absolute atomic E-state index is 0.0985. The second-order valence-corrected chi connectivity index (χ2v) is 6.34. The maximum absolute atomic E-state index is 12.8. The van der Waals surface area contributed by atoms with E-state index in [0.717, 1.165) is 25.7 Å². The molecule has 0 bridgehead atoms. The highest BCUT2D eigenvalue weighted by atomic mass is 16.6. The summed E-state index contributed by atoms with van der Waals surface area (Å²) in [6.07, 6.45) is 5.59. The minimum Gasteiger partial charge on any atom is -0.447 e. The van der Waals surface area contributed by atoms with E-state index in [1.807, 2.05) is 6.92 Å². The lowest BCUT2D eigenvalue weighted by atomic mass is 9.90. The number of nitrogens with zero attached hydrogens (tertiary/aromatic N) is 1. The van der Waals surface area contributed by atoms with Gasteiger partial charge in [-0.3, -0.25) is 4.79 Å². The van der Waals surface area contributed by atoms with E-state index in [-0.39, 0.29) is 24.0 Å². The third-order valence-corrected chi connectivity index (χ3v) is 4.52. The number of unbranched alkanes of at least 4 members (excludes halogenated alkanes) is 1. The molecule has 2 aliphatic rings. The molecule has 1 aliphatic heterocycles. The number of methoxy groups -OCH3 is 1. The van der Waals surface area contributed by atoms with Crippen molar-refractivity contribution in [3.8, 4) is 0 Å². The first-order valence-electron chi connectivity index (χ1n) is 8.11. The molecule has 2 fully saturated rings. The van der Waals surface area contributed by atoms with Gasteiger partial charge in [0.15, 0.2) is 0 Å². The topological polar surface area (TPSA) is 55.8 Å². The van der Waals surface area contributed by atoms with Crippen LogP contribution in [-0.4, -0.2) is 42.8 Å². The van der Waals surface area contributed by atoms with Crippen LogP contribution in [0.2, 0.25) is 0 Å². The van der Waals surface area contributed by atoms with Crippen LogP contribution in [0.4, 0.5) is 4.79 Å². The van der Waals surface area contributed by atoms with Crippen molar-refractivity contribution < 1.29 is 19.1 Å². The van der Waals surface area contributed by atoms with Crippen molar-refractivity contribution in [2.24, 2.45) is 11.8 Å². The zero-order chi connectivity index (χ0) is 15.4. The molecular formula is C16H27NO4. The van der Waals surface area contributed by atoms with Crippen LogP contribution < -0.4 is 0 Å². The van der Waals surface area contributed by atoms with Crippen molar-refractivity contribution in [2.45, 2.75) is 64.5 Å². The van der Waals surface area contributed by atoms with Crippen LogP contribution in [0.1, 0.15) is 52.4 Å². The summed E-state index contributed by atoms with van der Waals surface area (Å²) in [5, 5.41) is 0. The molecule has 0 aromatic heterocycles. The Morgan fingerprint density at radius 3 is 2.67 bits per heavy atom. The first-order chi connectivity index (χ1) is 10.1. The summed E-state index contributed by atoms with van der Waals surface area (Å²) in [4.78, 5) is 25.9. The van der Waals surface area contributed by atoms with E-state index in [9.17, 15) is 9.59 Å². The van der Waals surface area contributed by atoms with E-state index in [4.69, 9.17) is 9.47 Å². The van der Waals surface area contributed by atoms with Gasteiger partial charge >= 0.3 is 6.09 Å². The highest BCUT2D eigenvalue weighted by molar-refractivity contribution is 5.95. The lowest BCUT2D eigenvalue weighted by Crippen LogP contribution is -2.45. The van der Waals surface area contributed by atoms with E-state index in [0.29, 0.717) is 12.5 Å². The number of carbonyl (C=O) groups excluding carboxylic acids is 2. The van der Waals surface area contributed by atoms with Crippen LogP contribution in [0.3, 0.4) is 0 Å². The molecule has 1 heterocycles. The normalized spacial score (nSPS) is 24.8. The summed E-state index contributed by atoms with van der Waals surface area (Å²) in [6.45, 7) is 4.28. The third-order valence-electron chi connectivity index (χ3n) is 4.52. The fraction of sp³-hybridized carbons (Fsp3) is 0.875. The Morgan fingerprint density at radius 1 is 1.48 bits per heavy atom. The molecule has 21 heavy (non-hydrogen) atoms. The first-order valence-corrected chi connectivity index (χ1v) is 8.11. The number of carbonyl (C=O) groups is 2. The van der Waals surface area contributed by atoms with Gasteiger partial charge in [0.2, 0.25) is 5.91 Å². The molecular weight excluding hydrogens is 270 g/mol. The Balaban J connectivity index is 2.09. The summed E-state index contributed by atoms with van der Waals surface area (Å²) in [5.41, 5.74) is 0. The van der Waals surface area contributed by atoms with Crippen molar-refractivity contribution in [2.75, 3.05) is 13.7 Å². The van der Waals surface area contributed by atoms with Crippen molar-refractivity contribution >= 4 is 12.0 Å². The summed E-state index contributed by atoms with van der Waals surface area (Å²) in [7, 11) is 1.67. The number of amides is 2. The summed E-state index contributed by atoms with van der Waals surface area (Å²) >= 11 is 0. The number of rotatable bonds is 8. The van der Waals surface area contributed by atoms with Gasteiger partial charge in [-0.1, -0.05) is 32.6 Å². The van der Waals surface area contributed by atoms with Crippen LogP contribution in [0.25, 0.3) is 0 Å². The van der Waals surface area contributed by atoms with Gasteiger partial charge in [0.25, 0.3) is 0 Å². The van der Waals surface area contributed by atoms with Gasteiger partial charge in [0.1, 0.15) is 6.61 Å². The quantitative estimate of drug-likeness (QED) is 0.691. The molecule has 0 radical (unpaired) electrons. The SMILES string of the molecule is CCCCC(OC)C(CC1CC1)C(=O)N1C(=O)OCC1C. The molecule has 1 aliphatic carbocycles. The second kappa shape index (κ2) is 7.25. The van der Waals surface area contributed by atoms with Crippen LogP contribution in [-0.2, 0) is 14.3 Å². The predicted octanol–water partition coefficient (Wildman–Crippen LogP) is 2.98. The maximum atomic E-state index is 12.8. The molecule has 3 unspecified atom stereocenters. The highest BCUT2D eigenvalue weighted by Gasteiger charge is 2.43. The third kappa shape index (κ3) is 3.96. The Bertz CT molecular complexity index is 380. The van der Waals surface area contributed by atoms with Crippen molar-refractivity contribution in [3.63, 3.8) is 0 Å². The molecule has 120 valence electrons. The van der Waals surface area contributed by atoms with E-state index >= 15 is 0 Å². The lowest BCUT2D eigenvalue weighted by Gasteiger charge is -2.29. The predicted molar refractivity (Wildman–Crippen MR) is 78.8 cm³/mol. The molecule has 1 saturated carbocycles. The van der Waals surface area contributed by atoms with E-state index in [1.54, 1.807) is 7.11 Å². The fourth-order valence-electron chi connectivity index (χ4n) is 3.01. The highest BCUT2D eigenvalue weighted by Crippen LogP contribution is 2.38. The molecule has 5 heteroatoms. The molecule has 0 aromatic carbocycles. The molecule has 3 atom stereocenters. The molecule has 0 aromatic rings. The van der Waals surface area contributed by atoms with Crippen molar-refractivity contribution in [1.29, 1.82) is 0 Å². The van der Waals surface area contributed by atoms with Gasteiger partial charge in [-0.15, -0.1) is 0 Å². The first kappa shape index (κ1) is 16.3. The van der Waals surface area contributed by atoms with Crippen molar-refractivity contribution in [1.82, 2.24) is 4.90 Å². The number of hydrogen-bond acceptors (Lipinski definition) is 4. The van der Waals surface area contributed by atoms with Crippen LogP contribution in [0.5, 0.6) is 0 Å². The average Bonchev–Trinajstić information content (AvgIpc) is 3.22. The molecule has 2 rings (SSSR count). The van der Waals surface area contributed by atoms with E-state index < -0.39 is 6.09 Å². The zero-order valence-corrected chi connectivity index (χ0v) is 13.3. The van der Waals surface area contributed by atoms with Crippen LogP contribution in [0, 0.1) is 11.8 Å². The van der Waals surface area contributed by atoms with Crippen LogP contribution in [0.15, 0.2) is 0 Å². The second-order valence-electron chi connectivity index (χ2n) is 6.34. The number of imide groups is 1. The van der Waals surface area contributed by atoms with Crippen molar-refractivity contribution in [3.05, 3.63) is 0 Å². The van der Waals surface area contributed by atoms with Gasteiger partial charge in [-0.25, -0.2) is 9.69 Å². The maximum Gasteiger partial charge on any atom is 0.416 e. The largest absolute Gasteiger partial charge is 0.447 e. The van der Waals surface area contributed by atoms with E-state index in [1.165, 1.54) is 17.7 Å². The Morgan fingerprint density at radius 2 is 2.19 bits per heavy atom. The van der Waals surface area contributed by atoms with Gasteiger partial charge in [0.05, 0.1) is 18.1 Å². The van der Waals surface area contributed by atoms with Gasteiger partial charge in [-0.05, 0) is 25.7 Å². The Hall–Kier alpha value is -1.10. The summed E-state index contributed by atoms with van der Waals surface area (Å²) < 4.78 is 10.6. The summed E-state index contributed by atoms with van der Waals surface area (Å²) in [5.74, 6) is 0.286. The molecule has 0 N–H and O–H groups in total. The van der Waals surface area contributed by atoms with E-state index in [2.05, 4.69) is 6.92 Å². The number of ether oxygens (including phenoxy) is 2. The fourth-order valence-corrected chi connectivity index (χ4v) is 3.01. The van der Waals surface area contributed by atoms with Crippen LogP contribution >= 0.6 is 0 Å². The van der Waals surface area contributed by atoms with Gasteiger partial charge < -0.3 is 9.47 Å². The average molecular weight is 297 g/mol. The van der Waals surface area contributed by atoms with Gasteiger partial charge in [-0.2, -0.15) is 0 Å². The van der Waals surface area contributed by atoms with Gasteiger partial charge in [0, 0.05) is 7.11 Å². The number of hydrogen-bond donors (Lipinski definition) is 0. The standard InChI is InChI=1S/C16H27NO4/c1-4-5-6-14(20-3)13(9-12-7-8-12)15(18)17-11(2)10-21-16(17)19/h11-14H,4-10H2,1-3H3. The molecule has 0 spiro atoms. The Labute approximate surface area is 127 Å². The smallest absolute Gasteiger partial charge is 0.416 e. The monoisotopic (exact) mass is 297 g/mol. The molecule has 2 amide bonds. The molecule has 5 nitrogen and oxygen atoms in total. The summed E-state index contributed by atoms with van der Waals surface area (Å²) in [6, 6.07) is -0.171. The minimum atomic E-state index is -0.501.